The van der Waals surface area contributed by atoms with Crippen LogP contribution in [0.4, 0.5) is 4.79 Å². The van der Waals surface area contributed by atoms with Crippen LogP contribution in [0.1, 0.15) is 30.0 Å². The molecule has 1 heterocycles. The Labute approximate surface area is 182 Å². The van der Waals surface area contributed by atoms with Crippen molar-refractivity contribution in [2.45, 2.75) is 31.6 Å². The molecule has 0 saturated carbocycles. The van der Waals surface area contributed by atoms with Gasteiger partial charge in [0, 0.05) is 29.1 Å². The standard InChI is InChI=1S/C27H26N2O2/c1-27(18-21-10-6-3-7-11-21,19-24(28)16-20-8-4-2-5-9-20)23-12-13-25-22(17-23)14-15-29(25)26(30)31/h2-15,17,28H,16,18-19H2,1H3,(H,30,31). The van der Waals surface area contributed by atoms with E-state index in [1.807, 2.05) is 54.6 Å². The van der Waals surface area contributed by atoms with Crippen LogP contribution in [0.5, 0.6) is 0 Å². The van der Waals surface area contributed by atoms with E-state index in [0.29, 0.717) is 24.1 Å². The monoisotopic (exact) mass is 410 g/mol. The van der Waals surface area contributed by atoms with E-state index in [-0.39, 0.29) is 5.41 Å². The van der Waals surface area contributed by atoms with Crippen LogP contribution in [0.15, 0.2) is 91.1 Å². The van der Waals surface area contributed by atoms with Gasteiger partial charge in [-0.25, -0.2) is 4.79 Å². The topological polar surface area (TPSA) is 66.1 Å². The van der Waals surface area contributed by atoms with Crippen molar-refractivity contribution in [2.75, 3.05) is 0 Å². The van der Waals surface area contributed by atoms with Gasteiger partial charge in [-0.2, -0.15) is 0 Å². The summed E-state index contributed by atoms with van der Waals surface area (Å²) in [6, 6.07) is 28.3. The fraction of sp³-hybridized carbons (Fsp3) is 0.185. The molecule has 4 rings (SSSR count). The minimum Gasteiger partial charge on any atom is -0.464 e. The van der Waals surface area contributed by atoms with Crippen LogP contribution in [-0.2, 0) is 18.3 Å². The van der Waals surface area contributed by atoms with Crippen LogP contribution in [0.3, 0.4) is 0 Å². The van der Waals surface area contributed by atoms with Crippen molar-refractivity contribution in [1.29, 1.82) is 5.41 Å². The summed E-state index contributed by atoms with van der Waals surface area (Å²) in [7, 11) is 0. The molecule has 0 radical (unpaired) electrons. The van der Waals surface area contributed by atoms with Gasteiger partial charge in [-0.15, -0.1) is 0 Å². The molecule has 0 spiro atoms. The highest BCUT2D eigenvalue weighted by Gasteiger charge is 2.29. The quantitative estimate of drug-likeness (QED) is 0.350. The molecule has 1 unspecified atom stereocenters. The second-order valence-electron chi connectivity index (χ2n) is 8.41. The first kappa shape index (κ1) is 20.6. The zero-order chi connectivity index (χ0) is 21.8. The molecule has 1 aromatic heterocycles. The Morgan fingerprint density at radius 1 is 0.935 bits per heavy atom. The highest BCUT2D eigenvalue weighted by molar-refractivity contribution is 5.90. The second kappa shape index (κ2) is 8.60. The Bertz CT molecular complexity index is 1210. The molecule has 0 saturated heterocycles. The maximum absolute atomic E-state index is 11.5. The molecule has 0 aliphatic heterocycles. The number of carboxylic acid groups (broad SMARTS) is 1. The molecule has 2 N–H and O–H groups in total. The number of carbonyl (C=O) groups is 1. The van der Waals surface area contributed by atoms with Crippen LogP contribution in [0.2, 0.25) is 0 Å². The minimum absolute atomic E-state index is 0.285. The van der Waals surface area contributed by atoms with Crippen LogP contribution in [0.25, 0.3) is 10.9 Å². The molecular formula is C27H26N2O2. The minimum atomic E-state index is -0.987. The molecule has 4 aromatic rings. The third-order valence-corrected chi connectivity index (χ3v) is 5.89. The lowest BCUT2D eigenvalue weighted by atomic mass is 9.73. The van der Waals surface area contributed by atoms with Gasteiger partial charge in [0.05, 0.1) is 5.52 Å². The summed E-state index contributed by atoms with van der Waals surface area (Å²) < 4.78 is 1.24. The van der Waals surface area contributed by atoms with E-state index in [0.717, 1.165) is 22.9 Å². The van der Waals surface area contributed by atoms with E-state index in [9.17, 15) is 9.90 Å². The highest BCUT2D eigenvalue weighted by Crippen LogP contribution is 2.34. The van der Waals surface area contributed by atoms with Gasteiger partial charge >= 0.3 is 6.09 Å². The number of nitrogens with one attached hydrogen (secondary N) is 1. The van der Waals surface area contributed by atoms with E-state index in [2.05, 4.69) is 37.3 Å². The lowest BCUT2D eigenvalue weighted by molar-refractivity contribution is 0.197. The van der Waals surface area contributed by atoms with Gasteiger partial charge in [-0.3, -0.25) is 4.57 Å². The summed E-state index contributed by atoms with van der Waals surface area (Å²) in [5.41, 5.74) is 4.56. The van der Waals surface area contributed by atoms with Gasteiger partial charge in [0.2, 0.25) is 0 Å². The second-order valence-corrected chi connectivity index (χ2v) is 8.41. The average Bonchev–Trinajstić information content (AvgIpc) is 3.18. The van der Waals surface area contributed by atoms with Crippen molar-refractivity contribution in [2.24, 2.45) is 0 Å². The Morgan fingerprint density at radius 3 is 2.23 bits per heavy atom. The molecule has 0 amide bonds. The van der Waals surface area contributed by atoms with Gasteiger partial charge in [0.15, 0.2) is 0 Å². The maximum atomic E-state index is 11.5. The molecule has 0 aliphatic carbocycles. The first-order valence-electron chi connectivity index (χ1n) is 10.4. The molecular weight excluding hydrogens is 384 g/mol. The summed E-state index contributed by atoms with van der Waals surface area (Å²) in [5, 5.41) is 19.0. The predicted molar refractivity (Wildman–Crippen MR) is 125 cm³/mol. The molecule has 1 atom stereocenters. The Balaban J connectivity index is 1.68. The van der Waals surface area contributed by atoms with E-state index < -0.39 is 6.09 Å². The van der Waals surface area contributed by atoms with Gasteiger partial charge < -0.3 is 10.5 Å². The molecule has 3 aromatic carbocycles. The van der Waals surface area contributed by atoms with E-state index in [1.54, 1.807) is 6.20 Å². The van der Waals surface area contributed by atoms with Crippen molar-refractivity contribution < 1.29 is 9.90 Å². The summed E-state index contributed by atoms with van der Waals surface area (Å²) in [4.78, 5) is 11.5. The fourth-order valence-electron chi connectivity index (χ4n) is 4.37. The summed E-state index contributed by atoms with van der Waals surface area (Å²) in [5.74, 6) is 0. The molecule has 0 bridgehead atoms. The lowest BCUT2D eigenvalue weighted by Gasteiger charge is -2.31. The average molecular weight is 411 g/mol. The number of fused-ring (bicyclic) bond motifs is 1. The SMILES string of the molecule is CC(CC(=N)Cc1ccccc1)(Cc1ccccc1)c1ccc2c(ccn2C(=O)O)c1. The van der Waals surface area contributed by atoms with Crippen molar-refractivity contribution >= 4 is 22.7 Å². The smallest absolute Gasteiger partial charge is 0.415 e. The first-order valence-corrected chi connectivity index (χ1v) is 10.4. The van der Waals surface area contributed by atoms with Crippen molar-refractivity contribution in [3.8, 4) is 0 Å². The predicted octanol–water partition coefficient (Wildman–Crippen LogP) is 6.32. The molecule has 0 aliphatic rings. The first-order chi connectivity index (χ1) is 14.9. The summed E-state index contributed by atoms with van der Waals surface area (Å²) >= 11 is 0. The highest BCUT2D eigenvalue weighted by atomic mass is 16.4. The van der Waals surface area contributed by atoms with Crippen molar-refractivity contribution in [1.82, 2.24) is 4.57 Å². The summed E-state index contributed by atoms with van der Waals surface area (Å²) in [6.07, 6.45) is 2.66. The van der Waals surface area contributed by atoms with Gasteiger partial charge in [0.25, 0.3) is 0 Å². The number of benzene rings is 3. The van der Waals surface area contributed by atoms with Gasteiger partial charge in [-0.1, -0.05) is 73.7 Å². The van der Waals surface area contributed by atoms with Crippen LogP contribution >= 0.6 is 0 Å². The largest absolute Gasteiger partial charge is 0.464 e. The number of rotatable bonds is 7. The number of nitrogens with zero attached hydrogens (tertiary/aromatic N) is 1. The summed E-state index contributed by atoms with van der Waals surface area (Å²) in [6.45, 7) is 2.20. The number of aromatic nitrogens is 1. The van der Waals surface area contributed by atoms with Crippen molar-refractivity contribution in [3.05, 3.63) is 108 Å². The molecule has 4 heteroatoms. The van der Waals surface area contributed by atoms with Gasteiger partial charge in [0.1, 0.15) is 0 Å². The molecule has 0 fully saturated rings. The fourth-order valence-corrected chi connectivity index (χ4v) is 4.37. The zero-order valence-corrected chi connectivity index (χ0v) is 17.6. The van der Waals surface area contributed by atoms with Crippen LogP contribution in [0, 0.1) is 5.41 Å². The van der Waals surface area contributed by atoms with Gasteiger partial charge in [-0.05, 0) is 47.7 Å². The zero-order valence-electron chi connectivity index (χ0n) is 17.6. The Kier molecular flexibility index (Phi) is 5.72. The van der Waals surface area contributed by atoms with E-state index in [1.165, 1.54) is 10.1 Å². The van der Waals surface area contributed by atoms with Crippen molar-refractivity contribution in [3.63, 3.8) is 0 Å². The van der Waals surface area contributed by atoms with Crippen LogP contribution in [-0.4, -0.2) is 21.5 Å². The number of hydrogen-bond acceptors (Lipinski definition) is 2. The maximum Gasteiger partial charge on any atom is 0.415 e. The normalized spacial score (nSPS) is 13.1. The third kappa shape index (κ3) is 4.58. The van der Waals surface area contributed by atoms with Crippen LogP contribution < -0.4 is 0 Å². The molecule has 31 heavy (non-hydrogen) atoms. The third-order valence-electron chi connectivity index (χ3n) is 5.89. The van der Waals surface area contributed by atoms with E-state index >= 15 is 0 Å². The number of hydrogen-bond donors (Lipinski definition) is 2. The molecule has 156 valence electrons. The lowest BCUT2D eigenvalue weighted by Crippen LogP contribution is -2.29. The van der Waals surface area contributed by atoms with E-state index in [4.69, 9.17) is 5.41 Å². The molecule has 4 nitrogen and oxygen atoms in total. The Morgan fingerprint density at radius 2 is 1.58 bits per heavy atom. The Hall–Kier alpha value is -3.66.